The lowest BCUT2D eigenvalue weighted by Crippen LogP contribution is -2.06. The Labute approximate surface area is 126 Å². The fourth-order valence-corrected chi connectivity index (χ4v) is 3.19. The van der Waals surface area contributed by atoms with Gasteiger partial charge in [-0.1, -0.05) is 0 Å². The summed E-state index contributed by atoms with van der Waals surface area (Å²) in [5, 5.41) is 10.5. The molecule has 0 saturated heterocycles. The normalized spacial score (nSPS) is 10.4. The van der Waals surface area contributed by atoms with Crippen molar-refractivity contribution in [2.75, 3.05) is 18.5 Å². The Bertz CT molecular complexity index is 523. The molecule has 0 atom stereocenters. The molecular weight excluding hydrogens is 292 g/mol. The van der Waals surface area contributed by atoms with E-state index in [1.807, 2.05) is 12.3 Å². The summed E-state index contributed by atoms with van der Waals surface area (Å²) >= 11 is 3.30. The molecule has 108 valence electrons. The van der Waals surface area contributed by atoms with Crippen molar-refractivity contribution in [3.8, 4) is 0 Å². The van der Waals surface area contributed by atoms with Crippen molar-refractivity contribution in [3.05, 3.63) is 33.5 Å². The SMILES string of the molecule is CCOC(=O)CCc1csc(NCCc2ccsc2)n1. The van der Waals surface area contributed by atoms with Crippen LogP contribution in [0.15, 0.2) is 22.2 Å². The van der Waals surface area contributed by atoms with Gasteiger partial charge in [0.25, 0.3) is 0 Å². The minimum atomic E-state index is -0.160. The number of thiazole rings is 1. The van der Waals surface area contributed by atoms with E-state index in [-0.39, 0.29) is 5.97 Å². The number of nitrogens with zero attached hydrogens (tertiary/aromatic N) is 1. The van der Waals surface area contributed by atoms with Crippen LogP contribution in [-0.4, -0.2) is 24.1 Å². The van der Waals surface area contributed by atoms with Gasteiger partial charge in [-0.15, -0.1) is 11.3 Å². The fourth-order valence-electron chi connectivity index (χ4n) is 1.71. The summed E-state index contributed by atoms with van der Waals surface area (Å²) in [6, 6.07) is 2.14. The number of nitrogens with one attached hydrogen (secondary N) is 1. The van der Waals surface area contributed by atoms with E-state index in [9.17, 15) is 4.79 Å². The second kappa shape index (κ2) is 8.01. The summed E-state index contributed by atoms with van der Waals surface area (Å²) in [4.78, 5) is 15.7. The molecule has 1 N–H and O–H groups in total. The highest BCUT2D eigenvalue weighted by molar-refractivity contribution is 7.13. The Morgan fingerprint density at radius 3 is 3.05 bits per heavy atom. The van der Waals surface area contributed by atoms with Gasteiger partial charge in [-0.3, -0.25) is 4.79 Å². The molecule has 0 bridgehead atoms. The molecule has 0 fully saturated rings. The lowest BCUT2D eigenvalue weighted by Gasteiger charge is -2.01. The quantitative estimate of drug-likeness (QED) is 0.760. The van der Waals surface area contributed by atoms with Crippen molar-refractivity contribution in [1.82, 2.24) is 4.98 Å². The number of ether oxygens (including phenoxy) is 1. The van der Waals surface area contributed by atoms with Crippen LogP contribution in [0.2, 0.25) is 0 Å². The van der Waals surface area contributed by atoms with Crippen LogP contribution in [0, 0.1) is 0 Å². The molecule has 0 aliphatic heterocycles. The van der Waals surface area contributed by atoms with Gasteiger partial charge in [0.15, 0.2) is 5.13 Å². The molecule has 0 saturated carbocycles. The number of esters is 1. The smallest absolute Gasteiger partial charge is 0.306 e. The van der Waals surface area contributed by atoms with Gasteiger partial charge in [0.2, 0.25) is 0 Å². The van der Waals surface area contributed by atoms with Crippen LogP contribution in [0.1, 0.15) is 24.6 Å². The van der Waals surface area contributed by atoms with Crippen molar-refractivity contribution >= 4 is 33.8 Å². The van der Waals surface area contributed by atoms with Crippen molar-refractivity contribution in [3.63, 3.8) is 0 Å². The Kier molecular flexibility index (Phi) is 6.01. The molecule has 2 heterocycles. The van der Waals surface area contributed by atoms with Gasteiger partial charge in [0, 0.05) is 18.3 Å². The molecule has 2 aromatic heterocycles. The Hall–Kier alpha value is -1.40. The third-order valence-corrected chi connectivity index (χ3v) is 4.29. The number of thiophene rings is 1. The number of hydrogen-bond donors (Lipinski definition) is 1. The third kappa shape index (κ3) is 4.94. The van der Waals surface area contributed by atoms with E-state index in [1.54, 1.807) is 22.7 Å². The van der Waals surface area contributed by atoms with E-state index >= 15 is 0 Å². The lowest BCUT2D eigenvalue weighted by molar-refractivity contribution is -0.143. The van der Waals surface area contributed by atoms with E-state index < -0.39 is 0 Å². The van der Waals surface area contributed by atoms with Crippen LogP contribution in [-0.2, 0) is 22.4 Å². The number of carbonyl (C=O) groups excluding carboxylic acids is 1. The predicted molar refractivity (Wildman–Crippen MR) is 83.6 cm³/mol. The fraction of sp³-hybridized carbons (Fsp3) is 0.429. The highest BCUT2D eigenvalue weighted by Gasteiger charge is 2.06. The molecule has 0 amide bonds. The molecule has 0 aromatic carbocycles. The van der Waals surface area contributed by atoms with Crippen molar-refractivity contribution in [2.24, 2.45) is 0 Å². The molecule has 0 aliphatic carbocycles. The number of anilines is 1. The zero-order valence-electron chi connectivity index (χ0n) is 11.4. The van der Waals surface area contributed by atoms with Crippen molar-refractivity contribution in [2.45, 2.75) is 26.2 Å². The van der Waals surface area contributed by atoms with Crippen molar-refractivity contribution in [1.29, 1.82) is 0 Å². The Balaban J connectivity index is 1.70. The number of rotatable bonds is 8. The van der Waals surface area contributed by atoms with Gasteiger partial charge >= 0.3 is 5.97 Å². The van der Waals surface area contributed by atoms with Gasteiger partial charge in [0.1, 0.15) is 0 Å². The Morgan fingerprint density at radius 2 is 2.30 bits per heavy atom. The average molecular weight is 310 g/mol. The molecule has 0 spiro atoms. The summed E-state index contributed by atoms with van der Waals surface area (Å²) in [7, 11) is 0. The van der Waals surface area contributed by atoms with E-state index in [0.29, 0.717) is 19.4 Å². The minimum absolute atomic E-state index is 0.160. The Morgan fingerprint density at radius 1 is 1.40 bits per heavy atom. The average Bonchev–Trinajstić information content (AvgIpc) is 3.08. The van der Waals surface area contributed by atoms with Crippen LogP contribution >= 0.6 is 22.7 Å². The van der Waals surface area contributed by atoms with Crippen LogP contribution in [0.3, 0.4) is 0 Å². The highest BCUT2D eigenvalue weighted by Crippen LogP contribution is 2.17. The second-order valence-electron chi connectivity index (χ2n) is 4.26. The standard InChI is InChI=1S/C14H18N2O2S2/c1-2-18-13(17)4-3-12-10-20-14(16-12)15-7-5-11-6-8-19-9-11/h6,8-10H,2-5,7H2,1H3,(H,15,16). The number of carbonyl (C=O) groups is 1. The van der Waals surface area contributed by atoms with Crippen LogP contribution in [0.5, 0.6) is 0 Å². The largest absolute Gasteiger partial charge is 0.466 e. The first kappa shape index (κ1) is 15.0. The molecule has 2 aromatic rings. The van der Waals surface area contributed by atoms with E-state index in [1.165, 1.54) is 5.56 Å². The first-order valence-corrected chi connectivity index (χ1v) is 8.45. The summed E-state index contributed by atoms with van der Waals surface area (Å²) in [5.41, 5.74) is 2.29. The molecule has 0 aliphatic rings. The number of aryl methyl sites for hydroxylation is 1. The highest BCUT2D eigenvalue weighted by atomic mass is 32.1. The first-order valence-electron chi connectivity index (χ1n) is 6.63. The molecule has 4 nitrogen and oxygen atoms in total. The van der Waals surface area contributed by atoms with Crippen LogP contribution in [0.25, 0.3) is 0 Å². The van der Waals surface area contributed by atoms with E-state index in [4.69, 9.17) is 4.74 Å². The maximum absolute atomic E-state index is 11.3. The van der Waals surface area contributed by atoms with Crippen molar-refractivity contribution < 1.29 is 9.53 Å². The third-order valence-electron chi connectivity index (χ3n) is 2.71. The number of hydrogen-bond acceptors (Lipinski definition) is 6. The summed E-state index contributed by atoms with van der Waals surface area (Å²) in [6.45, 7) is 3.13. The molecular formula is C14H18N2O2S2. The van der Waals surface area contributed by atoms with Crippen LogP contribution in [0.4, 0.5) is 5.13 Å². The van der Waals surface area contributed by atoms with Gasteiger partial charge in [-0.25, -0.2) is 4.98 Å². The maximum atomic E-state index is 11.3. The predicted octanol–water partition coefficient (Wildman–Crippen LogP) is 3.35. The zero-order chi connectivity index (χ0) is 14.2. The molecule has 0 unspecified atom stereocenters. The van der Waals surface area contributed by atoms with Gasteiger partial charge in [0.05, 0.1) is 18.7 Å². The van der Waals surface area contributed by atoms with Gasteiger partial charge in [-0.05, 0) is 35.7 Å². The summed E-state index contributed by atoms with van der Waals surface area (Å²) < 4.78 is 4.90. The molecule has 0 radical (unpaired) electrons. The monoisotopic (exact) mass is 310 g/mol. The first-order chi connectivity index (χ1) is 9.78. The summed E-state index contributed by atoms with van der Waals surface area (Å²) in [5.74, 6) is -0.160. The zero-order valence-corrected chi connectivity index (χ0v) is 13.1. The molecule has 6 heteroatoms. The number of aromatic nitrogens is 1. The minimum Gasteiger partial charge on any atom is -0.466 e. The van der Waals surface area contributed by atoms with E-state index in [2.05, 4.69) is 27.1 Å². The van der Waals surface area contributed by atoms with Gasteiger partial charge < -0.3 is 10.1 Å². The lowest BCUT2D eigenvalue weighted by atomic mass is 10.2. The summed E-state index contributed by atoms with van der Waals surface area (Å²) in [6.07, 6.45) is 2.04. The molecule has 20 heavy (non-hydrogen) atoms. The molecule has 2 rings (SSSR count). The maximum Gasteiger partial charge on any atom is 0.306 e. The van der Waals surface area contributed by atoms with E-state index in [0.717, 1.165) is 23.8 Å². The topological polar surface area (TPSA) is 51.2 Å². The van der Waals surface area contributed by atoms with Crippen LogP contribution < -0.4 is 5.32 Å². The second-order valence-corrected chi connectivity index (χ2v) is 5.90. The van der Waals surface area contributed by atoms with Gasteiger partial charge in [-0.2, -0.15) is 11.3 Å².